The van der Waals surface area contributed by atoms with Crippen molar-refractivity contribution in [3.8, 4) is 0 Å². The minimum absolute atomic E-state index is 0.101. The first kappa shape index (κ1) is 14.1. The van der Waals surface area contributed by atoms with Gasteiger partial charge in [0.05, 0.1) is 12.6 Å². The van der Waals surface area contributed by atoms with Crippen LogP contribution < -0.4 is 0 Å². The van der Waals surface area contributed by atoms with Crippen LogP contribution in [-0.2, 0) is 6.54 Å². The van der Waals surface area contributed by atoms with Crippen LogP contribution in [0.15, 0.2) is 48.1 Å². The predicted octanol–water partition coefficient (Wildman–Crippen LogP) is 2.37. The molecule has 3 aromatic rings. The lowest BCUT2D eigenvalue weighted by Crippen LogP contribution is -2.44. The predicted molar refractivity (Wildman–Crippen MR) is 86.1 cm³/mol. The molecule has 2 aromatic heterocycles. The number of amides is 1. The third-order valence-corrected chi connectivity index (χ3v) is 5.06. The van der Waals surface area contributed by atoms with E-state index in [1.807, 2.05) is 35.2 Å². The van der Waals surface area contributed by atoms with Gasteiger partial charge < -0.3 is 4.90 Å². The lowest BCUT2D eigenvalue weighted by atomic mass is 9.99. The molecule has 6 nitrogen and oxygen atoms in total. The summed E-state index contributed by atoms with van der Waals surface area (Å²) < 4.78 is 1.65. The summed E-state index contributed by atoms with van der Waals surface area (Å²) >= 11 is 1.71. The number of carbonyl (C=O) groups is 1. The summed E-state index contributed by atoms with van der Waals surface area (Å²) in [6.45, 7) is 1.43. The van der Waals surface area contributed by atoms with E-state index >= 15 is 0 Å². The summed E-state index contributed by atoms with van der Waals surface area (Å²) in [6, 6.07) is 12.0. The van der Waals surface area contributed by atoms with Crippen LogP contribution >= 0.6 is 11.3 Å². The minimum atomic E-state index is 0.101. The first-order valence-electron chi connectivity index (χ1n) is 7.45. The van der Waals surface area contributed by atoms with Gasteiger partial charge in [-0.05, 0) is 46.0 Å². The Kier molecular flexibility index (Phi) is 3.63. The summed E-state index contributed by atoms with van der Waals surface area (Å²) in [7, 11) is 0. The fourth-order valence-electron chi connectivity index (χ4n) is 2.77. The molecule has 0 spiro atoms. The summed E-state index contributed by atoms with van der Waals surface area (Å²) in [4.78, 5) is 15.9. The van der Waals surface area contributed by atoms with Crippen LogP contribution in [0.3, 0.4) is 0 Å². The van der Waals surface area contributed by atoms with E-state index in [1.54, 1.807) is 22.3 Å². The number of thiophene rings is 1. The van der Waals surface area contributed by atoms with Gasteiger partial charge in [-0.15, -0.1) is 16.4 Å². The largest absolute Gasteiger partial charge is 0.331 e. The molecule has 4 rings (SSSR count). The van der Waals surface area contributed by atoms with Crippen molar-refractivity contribution >= 4 is 17.2 Å². The topological polar surface area (TPSA) is 63.9 Å². The molecule has 1 aliphatic heterocycles. The number of nitrogens with zero attached hydrogens (tertiary/aromatic N) is 5. The molecular formula is C16H15N5OS. The zero-order chi connectivity index (χ0) is 15.6. The van der Waals surface area contributed by atoms with Crippen molar-refractivity contribution in [3.63, 3.8) is 0 Å². The average molecular weight is 325 g/mol. The van der Waals surface area contributed by atoms with E-state index in [-0.39, 0.29) is 11.9 Å². The summed E-state index contributed by atoms with van der Waals surface area (Å²) in [5.74, 6) is 0.101. The molecule has 1 saturated heterocycles. The van der Waals surface area contributed by atoms with E-state index in [1.165, 1.54) is 4.88 Å². The molecular weight excluding hydrogens is 310 g/mol. The van der Waals surface area contributed by atoms with Crippen molar-refractivity contribution in [1.82, 2.24) is 25.1 Å². The van der Waals surface area contributed by atoms with E-state index in [0.717, 1.165) is 24.1 Å². The monoisotopic (exact) mass is 325 g/mol. The van der Waals surface area contributed by atoms with Crippen LogP contribution in [-0.4, -0.2) is 37.6 Å². The quantitative estimate of drug-likeness (QED) is 0.739. The zero-order valence-corrected chi connectivity index (χ0v) is 13.2. The first-order chi connectivity index (χ1) is 11.3. The number of hydrogen-bond donors (Lipinski definition) is 0. The van der Waals surface area contributed by atoms with Gasteiger partial charge in [-0.2, -0.15) is 0 Å². The van der Waals surface area contributed by atoms with E-state index in [4.69, 9.17) is 0 Å². The van der Waals surface area contributed by atoms with Gasteiger partial charge in [0, 0.05) is 17.0 Å². The number of likely N-dealkylation sites (tertiary alicyclic amines) is 1. The van der Waals surface area contributed by atoms with Gasteiger partial charge in [0.2, 0.25) is 0 Å². The third kappa shape index (κ3) is 2.75. The Morgan fingerprint density at radius 1 is 1.26 bits per heavy atom. The van der Waals surface area contributed by atoms with E-state index < -0.39 is 0 Å². The van der Waals surface area contributed by atoms with Crippen LogP contribution in [0.5, 0.6) is 0 Å². The Balaban J connectivity index is 1.46. The Morgan fingerprint density at radius 3 is 2.74 bits per heavy atom. The van der Waals surface area contributed by atoms with Gasteiger partial charge in [-0.1, -0.05) is 18.2 Å². The van der Waals surface area contributed by atoms with Crippen molar-refractivity contribution in [2.24, 2.45) is 0 Å². The molecule has 1 aliphatic rings. The maximum absolute atomic E-state index is 12.7. The number of aromatic nitrogens is 4. The maximum atomic E-state index is 12.7. The highest BCUT2D eigenvalue weighted by atomic mass is 32.1. The van der Waals surface area contributed by atoms with Crippen molar-refractivity contribution in [1.29, 1.82) is 0 Å². The molecule has 3 heterocycles. The smallest absolute Gasteiger partial charge is 0.254 e. The Morgan fingerprint density at radius 2 is 2.13 bits per heavy atom. The molecule has 0 saturated carbocycles. The summed E-state index contributed by atoms with van der Waals surface area (Å²) in [6.07, 6.45) is 2.62. The molecule has 1 amide bonds. The summed E-state index contributed by atoms with van der Waals surface area (Å²) in [5, 5.41) is 13.1. The van der Waals surface area contributed by atoms with Crippen LogP contribution in [0.2, 0.25) is 0 Å². The standard InChI is InChI=1S/C16H15N5OS/c22-16(21-8-7-14(21)15-2-1-9-23-15)13-5-3-12(4-6-13)10-20-11-17-18-19-20/h1-6,9,11,14H,7-8,10H2. The number of hydrogen-bond acceptors (Lipinski definition) is 5. The highest BCUT2D eigenvalue weighted by molar-refractivity contribution is 7.10. The highest BCUT2D eigenvalue weighted by Gasteiger charge is 2.34. The number of rotatable bonds is 4. The Labute approximate surface area is 137 Å². The van der Waals surface area contributed by atoms with Crippen molar-refractivity contribution < 1.29 is 4.79 Å². The molecule has 0 aliphatic carbocycles. The number of carbonyl (C=O) groups excluding carboxylic acids is 1. The van der Waals surface area contributed by atoms with E-state index in [9.17, 15) is 4.79 Å². The van der Waals surface area contributed by atoms with Crippen molar-refractivity contribution in [2.75, 3.05) is 6.54 Å². The van der Waals surface area contributed by atoms with Crippen molar-refractivity contribution in [2.45, 2.75) is 19.0 Å². The van der Waals surface area contributed by atoms with Crippen molar-refractivity contribution in [3.05, 3.63) is 64.1 Å². The molecule has 23 heavy (non-hydrogen) atoms. The fourth-order valence-corrected chi connectivity index (χ4v) is 3.64. The molecule has 116 valence electrons. The maximum Gasteiger partial charge on any atom is 0.254 e. The molecule has 7 heteroatoms. The van der Waals surface area contributed by atoms with Crippen LogP contribution in [0.4, 0.5) is 0 Å². The van der Waals surface area contributed by atoms with Gasteiger partial charge in [-0.25, -0.2) is 4.68 Å². The lowest BCUT2D eigenvalue weighted by Gasteiger charge is -2.40. The second-order valence-corrected chi connectivity index (χ2v) is 6.50. The van der Waals surface area contributed by atoms with Crippen LogP contribution in [0.25, 0.3) is 0 Å². The van der Waals surface area contributed by atoms with Gasteiger partial charge in [0.25, 0.3) is 5.91 Å². The van der Waals surface area contributed by atoms with Gasteiger partial charge >= 0.3 is 0 Å². The van der Waals surface area contributed by atoms with Crippen LogP contribution in [0, 0.1) is 0 Å². The summed E-state index contributed by atoms with van der Waals surface area (Å²) in [5.41, 5.74) is 1.79. The first-order valence-corrected chi connectivity index (χ1v) is 8.33. The average Bonchev–Trinajstić information content (AvgIpc) is 3.21. The number of tetrazole rings is 1. The Hall–Kier alpha value is -2.54. The van der Waals surface area contributed by atoms with E-state index in [2.05, 4.69) is 27.0 Å². The zero-order valence-electron chi connectivity index (χ0n) is 12.4. The minimum Gasteiger partial charge on any atom is -0.331 e. The second-order valence-electron chi connectivity index (χ2n) is 5.52. The second kappa shape index (κ2) is 5.92. The number of benzene rings is 1. The third-order valence-electron chi connectivity index (χ3n) is 4.09. The fraction of sp³-hybridized carbons (Fsp3) is 0.250. The molecule has 0 radical (unpaired) electrons. The van der Waals surface area contributed by atoms with E-state index in [0.29, 0.717) is 6.54 Å². The van der Waals surface area contributed by atoms with Gasteiger partial charge in [0.15, 0.2) is 0 Å². The molecule has 1 atom stereocenters. The normalized spacial score (nSPS) is 17.0. The molecule has 0 bridgehead atoms. The molecule has 1 aromatic carbocycles. The molecule has 1 fully saturated rings. The molecule has 1 unspecified atom stereocenters. The van der Waals surface area contributed by atoms with Crippen LogP contribution in [0.1, 0.15) is 33.3 Å². The lowest BCUT2D eigenvalue weighted by molar-refractivity contribution is 0.0468. The Bertz CT molecular complexity index is 783. The SMILES string of the molecule is O=C(c1ccc(Cn2cnnn2)cc1)N1CCC1c1cccs1. The highest BCUT2D eigenvalue weighted by Crippen LogP contribution is 2.36. The van der Waals surface area contributed by atoms with Gasteiger partial charge in [0.1, 0.15) is 6.33 Å². The van der Waals surface area contributed by atoms with Gasteiger partial charge in [-0.3, -0.25) is 4.79 Å². The molecule has 0 N–H and O–H groups in total.